The molecule has 0 heterocycles. The van der Waals surface area contributed by atoms with Crippen molar-refractivity contribution in [1.82, 2.24) is 0 Å². The van der Waals surface area contributed by atoms with Crippen LogP contribution in [0.1, 0.15) is 10.4 Å². The molecule has 0 radical (unpaired) electrons. The van der Waals surface area contributed by atoms with Gasteiger partial charge in [-0.25, -0.2) is 0 Å². The van der Waals surface area contributed by atoms with Gasteiger partial charge in [0.15, 0.2) is 0 Å². The van der Waals surface area contributed by atoms with E-state index >= 15 is 0 Å². The van der Waals surface area contributed by atoms with Gasteiger partial charge in [-0.3, -0.25) is 4.79 Å². The standard InChI is InChI=1S/C17H20N2O3/c1-19(2)13-7-5-6-12(10-13)17(20)18-15-9-8-14(21-3)11-16(15)22-4/h5-11H,1-4H3,(H,18,20). The van der Waals surface area contributed by atoms with Crippen LogP contribution < -0.4 is 19.7 Å². The highest BCUT2D eigenvalue weighted by Gasteiger charge is 2.11. The van der Waals surface area contributed by atoms with E-state index in [2.05, 4.69) is 5.32 Å². The van der Waals surface area contributed by atoms with Gasteiger partial charge < -0.3 is 19.7 Å². The number of anilines is 2. The van der Waals surface area contributed by atoms with Crippen LogP contribution in [0.4, 0.5) is 11.4 Å². The minimum atomic E-state index is -0.188. The van der Waals surface area contributed by atoms with Crippen LogP contribution in [0.2, 0.25) is 0 Å². The van der Waals surface area contributed by atoms with E-state index in [0.717, 1.165) is 5.69 Å². The van der Waals surface area contributed by atoms with E-state index in [-0.39, 0.29) is 5.91 Å². The largest absolute Gasteiger partial charge is 0.497 e. The Bertz CT molecular complexity index is 669. The van der Waals surface area contributed by atoms with Crippen LogP contribution in [-0.2, 0) is 0 Å². The van der Waals surface area contributed by atoms with Gasteiger partial charge in [0.2, 0.25) is 0 Å². The number of carbonyl (C=O) groups excluding carboxylic acids is 1. The summed E-state index contributed by atoms with van der Waals surface area (Å²) in [5.41, 5.74) is 2.15. The molecule has 0 aliphatic carbocycles. The van der Waals surface area contributed by atoms with Crippen molar-refractivity contribution >= 4 is 17.3 Å². The third kappa shape index (κ3) is 3.49. The summed E-state index contributed by atoms with van der Waals surface area (Å²) < 4.78 is 10.4. The average Bonchev–Trinajstić information content (AvgIpc) is 2.55. The fourth-order valence-electron chi connectivity index (χ4n) is 2.02. The van der Waals surface area contributed by atoms with Crippen LogP contribution in [0.25, 0.3) is 0 Å². The molecule has 2 aromatic carbocycles. The van der Waals surface area contributed by atoms with Crippen LogP contribution in [0.3, 0.4) is 0 Å². The molecule has 0 fully saturated rings. The third-order valence-electron chi connectivity index (χ3n) is 3.28. The van der Waals surface area contributed by atoms with Crippen LogP contribution >= 0.6 is 0 Å². The molecule has 5 nitrogen and oxygen atoms in total. The summed E-state index contributed by atoms with van der Waals surface area (Å²) in [6, 6.07) is 12.7. The molecule has 0 saturated carbocycles. The summed E-state index contributed by atoms with van der Waals surface area (Å²) in [5.74, 6) is 1.04. The molecule has 0 saturated heterocycles. The zero-order chi connectivity index (χ0) is 16.1. The van der Waals surface area contributed by atoms with E-state index in [1.54, 1.807) is 38.5 Å². The molecule has 0 spiro atoms. The highest BCUT2D eigenvalue weighted by atomic mass is 16.5. The predicted octanol–water partition coefficient (Wildman–Crippen LogP) is 3.02. The molecule has 0 atom stereocenters. The summed E-state index contributed by atoms with van der Waals surface area (Å²) in [6.07, 6.45) is 0. The lowest BCUT2D eigenvalue weighted by Gasteiger charge is -2.14. The zero-order valence-corrected chi connectivity index (χ0v) is 13.2. The molecule has 0 aliphatic heterocycles. The summed E-state index contributed by atoms with van der Waals surface area (Å²) in [6.45, 7) is 0. The Kier molecular flexibility index (Phi) is 4.88. The van der Waals surface area contributed by atoms with Crippen molar-refractivity contribution in [3.63, 3.8) is 0 Å². The van der Waals surface area contributed by atoms with Crippen molar-refractivity contribution in [2.24, 2.45) is 0 Å². The van der Waals surface area contributed by atoms with Gasteiger partial charge in [-0.05, 0) is 30.3 Å². The zero-order valence-electron chi connectivity index (χ0n) is 13.2. The lowest BCUT2D eigenvalue weighted by molar-refractivity contribution is 0.102. The molecule has 22 heavy (non-hydrogen) atoms. The van der Waals surface area contributed by atoms with Gasteiger partial charge in [0.25, 0.3) is 5.91 Å². The Balaban J connectivity index is 2.23. The molecule has 0 unspecified atom stereocenters. The normalized spacial score (nSPS) is 10.0. The summed E-state index contributed by atoms with van der Waals surface area (Å²) in [7, 11) is 7.00. The van der Waals surface area contributed by atoms with Crippen LogP contribution in [0, 0.1) is 0 Å². The van der Waals surface area contributed by atoms with Gasteiger partial charge in [-0.2, -0.15) is 0 Å². The van der Waals surface area contributed by atoms with E-state index < -0.39 is 0 Å². The maximum Gasteiger partial charge on any atom is 0.255 e. The number of methoxy groups -OCH3 is 2. The van der Waals surface area contributed by atoms with Gasteiger partial charge in [-0.15, -0.1) is 0 Å². The minimum Gasteiger partial charge on any atom is -0.497 e. The fourth-order valence-corrected chi connectivity index (χ4v) is 2.02. The second-order valence-electron chi connectivity index (χ2n) is 4.97. The number of carbonyl (C=O) groups is 1. The minimum absolute atomic E-state index is 0.188. The number of nitrogens with zero attached hydrogens (tertiary/aromatic N) is 1. The lowest BCUT2D eigenvalue weighted by atomic mass is 10.1. The van der Waals surface area contributed by atoms with Crippen molar-refractivity contribution in [3.05, 3.63) is 48.0 Å². The second kappa shape index (κ2) is 6.85. The molecule has 0 aliphatic rings. The van der Waals surface area contributed by atoms with E-state index in [9.17, 15) is 4.79 Å². The first-order chi connectivity index (χ1) is 10.5. The number of benzene rings is 2. The van der Waals surface area contributed by atoms with E-state index in [4.69, 9.17) is 9.47 Å². The molecular weight excluding hydrogens is 280 g/mol. The highest BCUT2D eigenvalue weighted by Crippen LogP contribution is 2.29. The van der Waals surface area contributed by atoms with E-state index in [0.29, 0.717) is 22.7 Å². The van der Waals surface area contributed by atoms with Crippen molar-refractivity contribution in [3.8, 4) is 11.5 Å². The van der Waals surface area contributed by atoms with Gasteiger partial charge in [-0.1, -0.05) is 6.07 Å². The van der Waals surface area contributed by atoms with Crippen molar-refractivity contribution in [2.75, 3.05) is 38.5 Å². The Hall–Kier alpha value is -2.69. The molecule has 0 bridgehead atoms. The summed E-state index contributed by atoms with van der Waals surface area (Å²) in [5, 5.41) is 2.86. The number of nitrogens with one attached hydrogen (secondary N) is 1. The predicted molar refractivity (Wildman–Crippen MR) is 88.3 cm³/mol. The monoisotopic (exact) mass is 300 g/mol. The number of rotatable bonds is 5. The van der Waals surface area contributed by atoms with Crippen molar-refractivity contribution < 1.29 is 14.3 Å². The Morgan fingerprint density at radius 1 is 1.05 bits per heavy atom. The first kappa shape index (κ1) is 15.7. The van der Waals surface area contributed by atoms with Crippen LogP contribution in [-0.4, -0.2) is 34.2 Å². The van der Waals surface area contributed by atoms with Crippen LogP contribution in [0.15, 0.2) is 42.5 Å². The van der Waals surface area contributed by atoms with Gasteiger partial charge in [0.05, 0.1) is 19.9 Å². The molecular formula is C17H20N2O3. The maximum absolute atomic E-state index is 12.4. The van der Waals surface area contributed by atoms with Gasteiger partial charge in [0, 0.05) is 31.4 Å². The summed E-state index contributed by atoms with van der Waals surface area (Å²) >= 11 is 0. The third-order valence-corrected chi connectivity index (χ3v) is 3.28. The lowest BCUT2D eigenvalue weighted by Crippen LogP contribution is -2.14. The van der Waals surface area contributed by atoms with Gasteiger partial charge in [0.1, 0.15) is 11.5 Å². The molecule has 0 aromatic heterocycles. The first-order valence-corrected chi connectivity index (χ1v) is 6.86. The van der Waals surface area contributed by atoms with E-state index in [1.165, 1.54) is 0 Å². The van der Waals surface area contributed by atoms with Gasteiger partial charge >= 0.3 is 0 Å². The van der Waals surface area contributed by atoms with Crippen LogP contribution in [0.5, 0.6) is 11.5 Å². The molecule has 1 amide bonds. The molecule has 2 rings (SSSR count). The number of amides is 1. The molecule has 2 aromatic rings. The topological polar surface area (TPSA) is 50.8 Å². The van der Waals surface area contributed by atoms with E-state index in [1.807, 2.05) is 37.2 Å². The maximum atomic E-state index is 12.4. The molecule has 116 valence electrons. The molecule has 1 N–H and O–H groups in total. The average molecular weight is 300 g/mol. The Morgan fingerprint density at radius 3 is 2.45 bits per heavy atom. The Labute approximate surface area is 130 Å². The summed E-state index contributed by atoms with van der Waals surface area (Å²) in [4.78, 5) is 14.3. The van der Waals surface area contributed by atoms with Crippen molar-refractivity contribution in [1.29, 1.82) is 0 Å². The fraction of sp³-hybridized carbons (Fsp3) is 0.235. The quantitative estimate of drug-likeness (QED) is 0.922. The smallest absolute Gasteiger partial charge is 0.255 e. The second-order valence-corrected chi connectivity index (χ2v) is 4.97. The number of hydrogen-bond acceptors (Lipinski definition) is 4. The molecule has 5 heteroatoms. The SMILES string of the molecule is COc1ccc(NC(=O)c2cccc(N(C)C)c2)c(OC)c1. The number of hydrogen-bond donors (Lipinski definition) is 1. The first-order valence-electron chi connectivity index (χ1n) is 6.86. The van der Waals surface area contributed by atoms with Crippen molar-refractivity contribution in [2.45, 2.75) is 0 Å². The number of ether oxygens (including phenoxy) is 2. The highest BCUT2D eigenvalue weighted by molar-refractivity contribution is 6.05. The Morgan fingerprint density at radius 2 is 1.82 bits per heavy atom.